The van der Waals surface area contributed by atoms with Crippen molar-refractivity contribution in [1.82, 2.24) is 5.32 Å². The molecule has 0 aliphatic heterocycles. The number of hydrogen-bond acceptors (Lipinski definition) is 3. The molecule has 0 aromatic carbocycles. The Hall–Kier alpha value is -0.690. The van der Waals surface area contributed by atoms with E-state index in [1.807, 2.05) is 0 Å². The first-order chi connectivity index (χ1) is 8.42. The minimum Gasteiger partial charge on any atom is -0.339 e. The number of rotatable bonds is 4. The molecule has 0 unspecified atom stereocenters. The van der Waals surface area contributed by atoms with Crippen LogP contribution in [0.1, 0.15) is 52.9 Å². The predicted molar refractivity (Wildman–Crippen MR) is 76.3 cm³/mol. The second-order valence-electron chi connectivity index (χ2n) is 5.97. The van der Waals surface area contributed by atoms with Crippen LogP contribution in [0.4, 0.5) is 0 Å². The van der Waals surface area contributed by atoms with Crippen LogP contribution in [0, 0.1) is 17.2 Å². The van der Waals surface area contributed by atoms with Gasteiger partial charge in [-0.05, 0) is 18.8 Å². The Morgan fingerprint density at radius 3 is 2.50 bits per heavy atom. The van der Waals surface area contributed by atoms with Crippen LogP contribution in [0.25, 0.3) is 0 Å². The maximum Gasteiger partial charge on any atom is 0.231 e. The van der Waals surface area contributed by atoms with Crippen molar-refractivity contribution in [2.75, 3.05) is 5.75 Å². The number of nitriles is 1. The number of carbonyl (C=O) groups excluding carboxylic acids is 1. The maximum absolute atomic E-state index is 11.8. The average molecular weight is 268 g/mol. The van der Waals surface area contributed by atoms with Gasteiger partial charge in [0.25, 0.3) is 0 Å². The number of hydrogen-bond donors (Lipinski definition) is 1. The molecule has 1 fully saturated rings. The topological polar surface area (TPSA) is 52.9 Å². The molecule has 0 aromatic heterocycles. The van der Waals surface area contributed by atoms with Gasteiger partial charge in [-0.25, -0.2) is 0 Å². The molecule has 0 spiro atoms. The molecule has 1 amide bonds. The minimum absolute atomic E-state index is 0.00736. The lowest BCUT2D eigenvalue weighted by atomic mass is 9.84. The van der Waals surface area contributed by atoms with Crippen LogP contribution in [0.3, 0.4) is 0 Å². The second kappa shape index (κ2) is 7.04. The lowest BCUT2D eigenvalue weighted by Gasteiger charge is -2.26. The quantitative estimate of drug-likeness (QED) is 0.852. The molecule has 0 heterocycles. The SMILES string of the molecule is CC(C)(C)SCC(=O)N[C@H](C#N)C1CCCCC1. The summed E-state index contributed by atoms with van der Waals surface area (Å²) in [6.07, 6.45) is 5.79. The van der Waals surface area contributed by atoms with Crippen LogP contribution in [0.15, 0.2) is 0 Å². The average Bonchev–Trinajstić information content (AvgIpc) is 2.33. The first-order valence-electron chi connectivity index (χ1n) is 6.75. The highest BCUT2D eigenvalue weighted by Gasteiger charge is 2.25. The third-order valence-corrected chi connectivity index (χ3v) is 4.49. The lowest BCUT2D eigenvalue weighted by Crippen LogP contribution is -2.41. The van der Waals surface area contributed by atoms with E-state index in [2.05, 4.69) is 32.2 Å². The highest BCUT2D eigenvalue weighted by molar-refractivity contribution is 8.01. The molecule has 0 bridgehead atoms. The molecule has 1 aliphatic rings. The highest BCUT2D eigenvalue weighted by atomic mass is 32.2. The molecule has 0 aromatic rings. The molecule has 1 rings (SSSR count). The van der Waals surface area contributed by atoms with E-state index in [0.29, 0.717) is 11.7 Å². The summed E-state index contributed by atoms with van der Waals surface area (Å²) in [5, 5.41) is 12.1. The lowest BCUT2D eigenvalue weighted by molar-refractivity contribution is -0.119. The molecule has 1 atom stereocenters. The highest BCUT2D eigenvalue weighted by Crippen LogP contribution is 2.27. The van der Waals surface area contributed by atoms with Crippen molar-refractivity contribution in [3.63, 3.8) is 0 Å². The number of amides is 1. The standard InChI is InChI=1S/C14H24N2OS/c1-14(2,3)18-10-13(17)16-12(9-15)11-7-5-4-6-8-11/h11-12H,4-8,10H2,1-3H3,(H,16,17)/t12-/m1/s1. The molecular weight excluding hydrogens is 244 g/mol. The van der Waals surface area contributed by atoms with E-state index < -0.39 is 0 Å². The fourth-order valence-electron chi connectivity index (χ4n) is 2.22. The van der Waals surface area contributed by atoms with Gasteiger partial charge in [-0.15, -0.1) is 11.8 Å². The number of nitrogens with zero attached hydrogens (tertiary/aromatic N) is 1. The molecule has 102 valence electrons. The molecule has 1 N–H and O–H groups in total. The van der Waals surface area contributed by atoms with E-state index in [4.69, 9.17) is 0 Å². The summed E-state index contributed by atoms with van der Waals surface area (Å²) in [4.78, 5) is 11.8. The molecule has 3 nitrogen and oxygen atoms in total. The van der Waals surface area contributed by atoms with Crippen LogP contribution >= 0.6 is 11.8 Å². The minimum atomic E-state index is -0.293. The van der Waals surface area contributed by atoms with E-state index in [9.17, 15) is 10.1 Å². The summed E-state index contributed by atoms with van der Waals surface area (Å²) in [5.74, 6) is 0.786. The molecule has 1 saturated carbocycles. The van der Waals surface area contributed by atoms with Gasteiger partial charge in [-0.1, -0.05) is 40.0 Å². The summed E-state index contributed by atoms with van der Waals surface area (Å²) in [5.41, 5.74) is 0. The van der Waals surface area contributed by atoms with Crippen LogP contribution < -0.4 is 5.32 Å². The fourth-order valence-corrected chi connectivity index (χ4v) is 2.87. The third kappa shape index (κ3) is 5.77. The first-order valence-corrected chi connectivity index (χ1v) is 7.74. The van der Waals surface area contributed by atoms with Crippen molar-refractivity contribution >= 4 is 17.7 Å². The van der Waals surface area contributed by atoms with Crippen molar-refractivity contribution in [3.05, 3.63) is 0 Å². The zero-order chi connectivity index (χ0) is 13.6. The Labute approximate surface area is 115 Å². The van der Waals surface area contributed by atoms with E-state index >= 15 is 0 Å². The van der Waals surface area contributed by atoms with Crippen molar-refractivity contribution in [2.45, 2.75) is 63.7 Å². The maximum atomic E-state index is 11.8. The van der Waals surface area contributed by atoms with Crippen LogP contribution in [0.5, 0.6) is 0 Å². The Morgan fingerprint density at radius 1 is 1.39 bits per heavy atom. The summed E-state index contributed by atoms with van der Waals surface area (Å²) in [6, 6.07) is 1.97. The molecular formula is C14H24N2OS. The molecule has 0 saturated heterocycles. The molecule has 18 heavy (non-hydrogen) atoms. The van der Waals surface area contributed by atoms with Gasteiger partial charge >= 0.3 is 0 Å². The van der Waals surface area contributed by atoms with Gasteiger partial charge in [0.15, 0.2) is 0 Å². The summed E-state index contributed by atoms with van der Waals surface area (Å²) in [7, 11) is 0. The zero-order valence-corrected chi connectivity index (χ0v) is 12.5. The number of thioether (sulfide) groups is 1. The number of carbonyl (C=O) groups is 1. The van der Waals surface area contributed by atoms with Crippen LogP contribution in [-0.2, 0) is 4.79 Å². The first kappa shape index (κ1) is 15.4. The van der Waals surface area contributed by atoms with E-state index in [-0.39, 0.29) is 16.7 Å². The van der Waals surface area contributed by atoms with Crippen molar-refractivity contribution in [3.8, 4) is 6.07 Å². The monoisotopic (exact) mass is 268 g/mol. The van der Waals surface area contributed by atoms with Gasteiger partial charge in [0.2, 0.25) is 5.91 Å². The Bertz CT molecular complexity index is 311. The van der Waals surface area contributed by atoms with Crippen LogP contribution in [-0.4, -0.2) is 22.4 Å². The van der Waals surface area contributed by atoms with Crippen molar-refractivity contribution < 1.29 is 4.79 Å². The normalized spacial score (nSPS) is 19.0. The summed E-state index contributed by atoms with van der Waals surface area (Å²) in [6.45, 7) is 6.27. The Balaban J connectivity index is 2.38. The smallest absolute Gasteiger partial charge is 0.231 e. The third-order valence-electron chi connectivity index (χ3n) is 3.21. The van der Waals surface area contributed by atoms with Gasteiger partial charge in [0, 0.05) is 4.75 Å². The van der Waals surface area contributed by atoms with Gasteiger partial charge in [-0.3, -0.25) is 4.79 Å². The van der Waals surface area contributed by atoms with Gasteiger partial charge in [-0.2, -0.15) is 5.26 Å². The largest absolute Gasteiger partial charge is 0.339 e. The predicted octanol–water partition coefficient (Wildman–Crippen LogP) is 3.11. The van der Waals surface area contributed by atoms with Crippen LogP contribution in [0.2, 0.25) is 0 Å². The van der Waals surface area contributed by atoms with E-state index in [1.165, 1.54) is 19.3 Å². The summed E-state index contributed by atoms with van der Waals surface area (Å²) < 4.78 is 0.0876. The van der Waals surface area contributed by atoms with Crippen molar-refractivity contribution in [2.24, 2.45) is 5.92 Å². The van der Waals surface area contributed by atoms with Gasteiger partial charge < -0.3 is 5.32 Å². The molecule has 0 radical (unpaired) electrons. The summed E-state index contributed by atoms with van der Waals surface area (Å²) >= 11 is 1.62. The Kier molecular flexibility index (Phi) is 6.01. The van der Waals surface area contributed by atoms with E-state index in [0.717, 1.165) is 12.8 Å². The second-order valence-corrected chi connectivity index (χ2v) is 7.78. The van der Waals surface area contributed by atoms with Gasteiger partial charge in [0.1, 0.15) is 6.04 Å². The molecule has 1 aliphatic carbocycles. The Morgan fingerprint density at radius 2 is 2.00 bits per heavy atom. The van der Waals surface area contributed by atoms with Gasteiger partial charge in [0.05, 0.1) is 11.8 Å². The van der Waals surface area contributed by atoms with E-state index in [1.54, 1.807) is 11.8 Å². The van der Waals surface area contributed by atoms with Crippen molar-refractivity contribution in [1.29, 1.82) is 5.26 Å². The fraction of sp³-hybridized carbons (Fsp3) is 0.857. The number of nitrogens with one attached hydrogen (secondary N) is 1. The molecule has 4 heteroatoms. The zero-order valence-electron chi connectivity index (χ0n) is 11.7.